The number of amides is 3. The summed E-state index contributed by atoms with van der Waals surface area (Å²) in [6.07, 6.45) is -0.240. The molecule has 1 N–H and O–H groups in total. The molecule has 2 aromatic heterocycles. The number of nitrogens with zero attached hydrogens (tertiary/aromatic N) is 4. The van der Waals surface area contributed by atoms with E-state index in [0.29, 0.717) is 31.9 Å². The van der Waals surface area contributed by atoms with Crippen LogP contribution in [-0.4, -0.2) is 57.7 Å². The number of carbonyl (C=O) groups excluding carboxylic acids is 2. The third-order valence-electron chi connectivity index (χ3n) is 4.86. The van der Waals surface area contributed by atoms with E-state index in [0.717, 1.165) is 12.1 Å². The number of piperazine rings is 1. The van der Waals surface area contributed by atoms with Crippen LogP contribution in [0.15, 0.2) is 59.5 Å². The minimum atomic E-state index is -4.46. The van der Waals surface area contributed by atoms with E-state index >= 15 is 0 Å². The summed E-state index contributed by atoms with van der Waals surface area (Å²) in [6, 6.07) is 7.58. The Hall–Kier alpha value is -3.76. The lowest BCUT2D eigenvalue weighted by Gasteiger charge is -2.34. The number of hydrogen-bond donors (Lipinski definition) is 1. The first-order valence-corrected chi connectivity index (χ1v) is 9.42. The van der Waals surface area contributed by atoms with Crippen molar-refractivity contribution in [1.29, 1.82) is 0 Å². The first-order chi connectivity index (χ1) is 14.8. The third kappa shape index (κ3) is 4.55. The van der Waals surface area contributed by atoms with Gasteiger partial charge in [-0.2, -0.15) is 18.3 Å². The van der Waals surface area contributed by atoms with E-state index in [1.807, 2.05) is 0 Å². The zero-order valence-corrected chi connectivity index (χ0v) is 16.2. The lowest BCUT2D eigenvalue weighted by Crippen LogP contribution is -2.51. The van der Waals surface area contributed by atoms with E-state index < -0.39 is 11.7 Å². The Morgan fingerprint density at radius 2 is 1.77 bits per heavy atom. The van der Waals surface area contributed by atoms with Crippen LogP contribution in [0.4, 0.5) is 23.7 Å². The van der Waals surface area contributed by atoms with E-state index in [2.05, 4.69) is 10.4 Å². The number of benzene rings is 1. The van der Waals surface area contributed by atoms with Gasteiger partial charge in [0.1, 0.15) is 0 Å². The van der Waals surface area contributed by atoms with Crippen LogP contribution in [0.3, 0.4) is 0 Å². The number of rotatable bonds is 3. The van der Waals surface area contributed by atoms with Gasteiger partial charge in [-0.3, -0.25) is 4.79 Å². The Kier molecular flexibility index (Phi) is 5.40. The van der Waals surface area contributed by atoms with E-state index in [-0.39, 0.29) is 23.4 Å². The second kappa shape index (κ2) is 8.17. The monoisotopic (exact) mass is 433 g/mol. The number of urea groups is 1. The lowest BCUT2D eigenvalue weighted by molar-refractivity contribution is -0.137. The van der Waals surface area contributed by atoms with Crippen molar-refractivity contribution in [3.05, 3.63) is 66.4 Å². The number of aromatic nitrogens is 2. The maximum atomic E-state index is 12.9. The van der Waals surface area contributed by atoms with Gasteiger partial charge in [-0.15, -0.1) is 0 Å². The molecule has 1 aliphatic heterocycles. The van der Waals surface area contributed by atoms with Gasteiger partial charge in [-0.1, -0.05) is 6.07 Å². The van der Waals surface area contributed by atoms with Crippen LogP contribution >= 0.6 is 0 Å². The highest BCUT2D eigenvalue weighted by Crippen LogP contribution is 2.30. The Bertz CT molecular complexity index is 1070. The van der Waals surface area contributed by atoms with E-state index in [9.17, 15) is 22.8 Å². The summed E-state index contributed by atoms with van der Waals surface area (Å²) in [5, 5.41) is 6.70. The summed E-state index contributed by atoms with van der Waals surface area (Å²) < 4.78 is 45.1. The van der Waals surface area contributed by atoms with Crippen molar-refractivity contribution in [3.63, 3.8) is 0 Å². The highest BCUT2D eigenvalue weighted by atomic mass is 19.4. The molecule has 0 saturated carbocycles. The largest absolute Gasteiger partial charge is 0.459 e. The van der Waals surface area contributed by atoms with Crippen LogP contribution in [0.5, 0.6) is 0 Å². The number of carbonyl (C=O) groups is 2. The molecule has 1 saturated heterocycles. The van der Waals surface area contributed by atoms with Gasteiger partial charge in [-0.05, 0) is 30.3 Å². The summed E-state index contributed by atoms with van der Waals surface area (Å²) in [7, 11) is 0. The molecule has 8 nitrogen and oxygen atoms in total. The second-order valence-corrected chi connectivity index (χ2v) is 6.91. The molecule has 3 amide bonds. The fraction of sp³-hybridized carbons (Fsp3) is 0.250. The topological polar surface area (TPSA) is 83.6 Å². The fourth-order valence-corrected chi connectivity index (χ4v) is 3.22. The van der Waals surface area contributed by atoms with E-state index in [4.69, 9.17) is 4.42 Å². The average molecular weight is 433 g/mol. The minimum absolute atomic E-state index is 0.223. The number of anilines is 1. The van der Waals surface area contributed by atoms with Crippen LogP contribution in [0, 0.1) is 0 Å². The summed E-state index contributed by atoms with van der Waals surface area (Å²) in [6.45, 7) is 1.38. The van der Waals surface area contributed by atoms with Gasteiger partial charge in [0, 0.05) is 26.2 Å². The molecule has 162 valence electrons. The molecule has 1 aromatic carbocycles. The van der Waals surface area contributed by atoms with Gasteiger partial charge in [0.05, 0.1) is 35.6 Å². The van der Waals surface area contributed by atoms with Crippen molar-refractivity contribution in [2.45, 2.75) is 6.18 Å². The van der Waals surface area contributed by atoms with E-state index in [1.54, 1.807) is 21.9 Å². The standard InChI is InChI=1S/C20H18F3N5O3/c21-20(22,23)14-3-1-4-16(11-14)28-13-15(12-24-28)25-19(30)27-8-6-26(7-9-27)18(29)17-5-2-10-31-17/h1-5,10-13H,6-9H2,(H,25,30). The first-order valence-electron chi connectivity index (χ1n) is 9.42. The van der Waals surface area contributed by atoms with Crippen molar-refractivity contribution in [3.8, 4) is 5.69 Å². The van der Waals surface area contributed by atoms with Crippen LogP contribution < -0.4 is 5.32 Å². The minimum Gasteiger partial charge on any atom is -0.459 e. The predicted octanol–water partition coefficient (Wildman–Crippen LogP) is 3.47. The zero-order chi connectivity index (χ0) is 22.0. The van der Waals surface area contributed by atoms with Gasteiger partial charge in [-0.25, -0.2) is 9.48 Å². The second-order valence-electron chi connectivity index (χ2n) is 6.91. The quantitative estimate of drug-likeness (QED) is 0.686. The molecule has 0 spiro atoms. The number of furan rings is 1. The summed E-state index contributed by atoms with van der Waals surface area (Å²) in [5.74, 6) is 0.0207. The van der Waals surface area contributed by atoms with Gasteiger partial charge >= 0.3 is 12.2 Å². The highest BCUT2D eigenvalue weighted by molar-refractivity contribution is 5.92. The molecule has 3 aromatic rings. The molecule has 1 fully saturated rings. The molecule has 3 heterocycles. The van der Waals surface area contributed by atoms with Crippen LogP contribution in [0.25, 0.3) is 5.69 Å². The molecule has 31 heavy (non-hydrogen) atoms. The molecule has 0 bridgehead atoms. The summed E-state index contributed by atoms with van der Waals surface area (Å²) in [4.78, 5) is 27.9. The van der Waals surface area contributed by atoms with Crippen molar-refractivity contribution >= 4 is 17.6 Å². The summed E-state index contributed by atoms with van der Waals surface area (Å²) >= 11 is 0. The maximum absolute atomic E-state index is 12.9. The Balaban J connectivity index is 1.35. The molecule has 0 radical (unpaired) electrons. The molecular formula is C20H18F3N5O3. The van der Waals surface area contributed by atoms with Gasteiger partial charge < -0.3 is 19.5 Å². The Morgan fingerprint density at radius 1 is 1.03 bits per heavy atom. The highest BCUT2D eigenvalue weighted by Gasteiger charge is 2.30. The number of halogens is 3. The van der Waals surface area contributed by atoms with Gasteiger partial charge in [0.2, 0.25) is 0 Å². The van der Waals surface area contributed by atoms with Crippen molar-refractivity contribution in [2.24, 2.45) is 0 Å². The molecule has 0 aliphatic carbocycles. The van der Waals surface area contributed by atoms with Crippen LogP contribution in [-0.2, 0) is 6.18 Å². The SMILES string of the molecule is O=C(Nc1cnn(-c2cccc(C(F)(F)F)c2)c1)N1CCN(C(=O)c2ccco2)CC1. The van der Waals surface area contributed by atoms with Gasteiger partial charge in [0.25, 0.3) is 5.91 Å². The first kappa shape index (κ1) is 20.5. The maximum Gasteiger partial charge on any atom is 0.416 e. The van der Waals surface area contributed by atoms with Crippen LogP contribution in [0.1, 0.15) is 16.1 Å². The number of hydrogen-bond acceptors (Lipinski definition) is 4. The molecule has 4 rings (SSSR count). The smallest absolute Gasteiger partial charge is 0.416 e. The summed E-state index contributed by atoms with van der Waals surface area (Å²) in [5.41, 5.74) is -0.218. The normalized spacial score (nSPS) is 14.5. The third-order valence-corrected chi connectivity index (χ3v) is 4.86. The van der Waals surface area contributed by atoms with Crippen LogP contribution in [0.2, 0.25) is 0 Å². The molecule has 11 heteroatoms. The molecule has 0 unspecified atom stereocenters. The van der Waals surface area contributed by atoms with Crippen molar-refractivity contribution in [2.75, 3.05) is 31.5 Å². The Morgan fingerprint density at radius 3 is 2.45 bits per heavy atom. The number of nitrogens with one attached hydrogen (secondary N) is 1. The molecule has 1 aliphatic rings. The molecular weight excluding hydrogens is 415 g/mol. The molecule has 0 atom stereocenters. The fourth-order valence-electron chi connectivity index (χ4n) is 3.22. The predicted molar refractivity (Wildman–Crippen MR) is 104 cm³/mol. The van der Waals surface area contributed by atoms with Crippen molar-refractivity contribution < 1.29 is 27.2 Å². The lowest BCUT2D eigenvalue weighted by atomic mass is 10.2. The average Bonchev–Trinajstić information content (AvgIpc) is 3.45. The Labute approximate surface area is 174 Å². The van der Waals surface area contributed by atoms with E-state index in [1.165, 1.54) is 35.5 Å². The number of alkyl halides is 3. The van der Waals surface area contributed by atoms with Crippen molar-refractivity contribution in [1.82, 2.24) is 19.6 Å². The zero-order valence-electron chi connectivity index (χ0n) is 16.2. The van der Waals surface area contributed by atoms with Gasteiger partial charge in [0.15, 0.2) is 5.76 Å².